The van der Waals surface area contributed by atoms with Gasteiger partial charge < -0.3 is 4.74 Å². The molecule has 0 fully saturated rings. The number of nitrogens with zero attached hydrogens (tertiary/aromatic N) is 1. The Bertz CT molecular complexity index is 447. The van der Waals surface area contributed by atoms with Crippen molar-refractivity contribution in [2.45, 2.75) is 45.5 Å². The minimum Gasteiger partial charge on any atom is -0.491 e. The van der Waals surface area contributed by atoms with Crippen LogP contribution in [-0.4, -0.2) is 21.3 Å². The Morgan fingerprint density at radius 3 is 2.56 bits per heavy atom. The maximum atomic E-state index is 11.8. The van der Waals surface area contributed by atoms with Gasteiger partial charge in [0.05, 0.1) is 10.9 Å². The molecule has 0 aliphatic rings. The SMILES string of the molecule is CC(C)Oc1cccc(/C=N/[S@@](=O)C(C)(C)C)c1. The van der Waals surface area contributed by atoms with E-state index in [0.717, 1.165) is 11.3 Å². The second-order valence-corrected chi connectivity index (χ2v) is 7.27. The summed E-state index contributed by atoms with van der Waals surface area (Å²) in [5, 5.41) is 0. The van der Waals surface area contributed by atoms with E-state index < -0.39 is 11.0 Å². The van der Waals surface area contributed by atoms with Gasteiger partial charge in [-0.1, -0.05) is 12.1 Å². The number of benzene rings is 1. The van der Waals surface area contributed by atoms with Gasteiger partial charge in [0, 0.05) is 6.21 Å². The molecule has 18 heavy (non-hydrogen) atoms. The summed E-state index contributed by atoms with van der Waals surface area (Å²) in [6.07, 6.45) is 1.77. The molecule has 1 aromatic rings. The fraction of sp³-hybridized carbons (Fsp3) is 0.500. The van der Waals surface area contributed by atoms with Crippen molar-refractivity contribution in [3.63, 3.8) is 0 Å². The van der Waals surface area contributed by atoms with Gasteiger partial charge >= 0.3 is 0 Å². The zero-order chi connectivity index (χ0) is 13.8. The molecule has 0 saturated carbocycles. The van der Waals surface area contributed by atoms with Gasteiger partial charge in [-0.25, -0.2) is 4.21 Å². The summed E-state index contributed by atoms with van der Waals surface area (Å²) in [6.45, 7) is 9.67. The normalized spacial score (nSPS) is 14.1. The molecule has 0 bridgehead atoms. The van der Waals surface area contributed by atoms with Crippen LogP contribution in [0.2, 0.25) is 0 Å². The van der Waals surface area contributed by atoms with Crippen LogP contribution in [0.1, 0.15) is 40.2 Å². The Morgan fingerprint density at radius 1 is 1.33 bits per heavy atom. The smallest absolute Gasteiger partial charge is 0.144 e. The summed E-state index contributed by atoms with van der Waals surface area (Å²) in [4.78, 5) is 0. The molecule has 0 amide bonds. The molecule has 1 rings (SSSR count). The molecule has 0 unspecified atom stereocenters. The molecular formula is C14H21NO2S. The van der Waals surface area contributed by atoms with Gasteiger partial charge in [-0.15, -0.1) is 0 Å². The Hall–Kier alpha value is -1.16. The Kier molecular flexibility index (Phi) is 5.08. The van der Waals surface area contributed by atoms with Crippen molar-refractivity contribution in [2.75, 3.05) is 0 Å². The average molecular weight is 267 g/mol. The van der Waals surface area contributed by atoms with E-state index in [1.807, 2.05) is 58.9 Å². The average Bonchev–Trinajstić information content (AvgIpc) is 2.24. The molecule has 0 radical (unpaired) electrons. The van der Waals surface area contributed by atoms with Gasteiger partial charge in [0.15, 0.2) is 0 Å². The summed E-state index contributed by atoms with van der Waals surface area (Å²) in [5.41, 5.74) is 0.894. The summed E-state index contributed by atoms with van der Waals surface area (Å²) >= 11 is 0. The summed E-state index contributed by atoms with van der Waals surface area (Å²) in [6, 6.07) is 7.61. The highest BCUT2D eigenvalue weighted by atomic mass is 32.2. The van der Waals surface area contributed by atoms with Crippen molar-refractivity contribution in [2.24, 2.45) is 4.40 Å². The standard InChI is InChI=1S/C14H21NO2S/c1-11(2)17-13-8-6-7-12(9-13)10-15-18(16)14(3,4)5/h6-11H,1-5H3/b15-10+/t18-/m0/s1. The van der Waals surface area contributed by atoms with Crippen molar-refractivity contribution in [1.82, 2.24) is 0 Å². The van der Waals surface area contributed by atoms with E-state index in [9.17, 15) is 4.21 Å². The van der Waals surface area contributed by atoms with E-state index in [4.69, 9.17) is 4.74 Å². The highest BCUT2D eigenvalue weighted by Gasteiger charge is 2.18. The molecule has 1 atom stereocenters. The topological polar surface area (TPSA) is 38.7 Å². The first-order valence-electron chi connectivity index (χ1n) is 6.02. The fourth-order valence-electron chi connectivity index (χ4n) is 1.21. The van der Waals surface area contributed by atoms with Crippen LogP contribution in [0.5, 0.6) is 5.75 Å². The molecule has 1 aromatic carbocycles. The first-order valence-corrected chi connectivity index (χ1v) is 7.12. The van der Waals surface area contributed by atoms with E-state index in [0.29, 0.717) is 0 Å². The van der Waals surface area contributed by atoms with E-state index >= 15 is 0 Å². The number of ether oxygens (including phenoxy) is 1. The van der Waals surface area contributed by atoms with E-state index in [1.54, 1.807) is 6.21 Å². The van der Waals surface area contributed by atoms with Crippen molar-refractivity contribution in [3.8, 4) is 5.75 Å². The Morgan fingerprint density at radius 2 is 2.00 bits per heavy atom. The van der Waals surface area contributed by atoms with E-state index in [-0.39, 0.29) is 10.9 Å². The lowest BCUT2D eigenvalue weighted by molar-refractivity contribution is 0.242. The molecule has 0 N–H and O–H groups in total. The summed E-state index contributed by atoms with van der Waals surface area (Å²) in [5.74, 6) is 0.801. The molecule has 0 aliphatic heterocycles. The minimum atomic E-state index is -1.23. The molecule has 0 saturated heterocycles. The minimum absolute atomic E-state index is 0.140. The van der Waals surface area contributed by atoms with Crippen molar-refractivity contribution in [1.29, 1.82) is 0 Å². The lowest BCUT2D eigenvalue weighted by atomic mass is 10.2. The van der Waals surface area contributed by atoms with Crippen LogP contribution in [0.3, 0.4) is 0 Å². The van der Waals surface area contributed by atoms with Crippen LogP contribution in [-0.2, 0) is 11.0 Å². The second kappa shape index (κ2) is 6.14. The van der Waals surface area contributed by atoms with Gasteiger partial charge in [0.1, 0.15) is 16.7 Å². The lowest BCUT2D eigenvalue weighted by Crippen LogP contribution is -2.19. The van der Waals surface area contributed by atoms with E-state index in [2.05, 4.69) is 4.40 Å². The van der Waals surface area contributed by atoms with Gasteiger partial charge in [-0.3, -0.25) is 0 Å². The molecule has 0 aliphatic carbocycles. The molecule has 3 nitrogen and oxygen atoms in total. The molecule has 4 heteroatoms. The zero-order valence-electron chi connectivity index (χ0n) is 11.6. The summed E-state index contributed by atoms with van der Waals surface area (Å²) < 4.78 is 21.1. The fourth-order valence-corrected chi connectivity index (χ4v) is 1.74. The van der Waals surface area contributed by atoms with Crippen molar-refractivity contribution in [3.05, 3.63) is 29.8 Å². The van der Waals surface area contributed by atoms with Gasteiger partial charge in [0.25, 0.3) is 0 Å². The van der Waals surface area contributed by atoms with Crippen LogP contribution in [0.25, 0.3) is 0 Å². The van der Waals surface area contributed by atoms with Crippen molar-refractivity contribution >= 4 is 17.2 Å². The van der Waals surface area contributed by atoms with Crippen LogP contribution < -0.4 is 4.74 Å². The van der Waals surface area contributed by atoms with Crippen molar-refractivity contribution < 1.29 is 8.95 Å². The number of hydrogen-bond acceptors (Lipinski definition) is 2. The first kappa shape index (κ1) is 14.9. The Labute approximate surface area is 112 Å². The molecule has 0 aromatic heterocycles. The molecule has 100 valence electrons. The third-order valence-electron chi connectivity index (χ3n) is 2.05. The third-order valence-corrected chi connectivity index (χ3v) is 3.40. The lowest BCUT2D eigenvalue weighted by Gasteiger charge is -2.13. The number of rotatable bonds is 4. The van der Waals surface area contributed by atoms with Crippen LogP contribution in [0.4, 0.5) is 0 Å². The van der Waals surface area contributed by atoms with Gasteiger partial charge in [-0.2, -0.15) is 4.40 Å². The largest absolute Gasteiger partial charge is 0.491 e. The van der Waals surface area contributed by atoms with Crippen LogP contribution >= 0.6 is 0 Å². The molecular weight excluding hydrogens is 246 g/mol. The second-order valence-electron chi connectivity index (χ2n) is 5.34. The molecule has 0 heterocycles. The van der Waals surface area contributed by atoms with Crippen LogP contribution in [0.15, 0.2) is 28.7 Å². The predicted molar refractivity (Wildman–Crippen MR) is 77.7 cm³/mol. The Balaban J connectivity index is 2.79. The third kappa shape index (κ3) is 5.00. The summed E-state index contributed by atoms with van der Waals surface area (Å²) in [7, 11) is -1.23. The van der Waals surface area contributed by atoms with E-state index in [1.165, 1.54) is 0 Å². The van der Waals surface area contributed by atoms with Crippen LogP contribution in [0, 0.1) is 0 Å². The zero-order valence-corrected chi connectivity index (χ0v) is 12.5. The predicted octanol–water partition coefficient (Wildman–Crippen LogP) is 3.35. The quantitative estimate of drug-likeness (QED) is 0.785. The highest BCUT2D eigenvalue weighted by Crippen LogP contribution is 2.15. The highest BCUT2D eigenvalue weighted by molar-refractivity contribution is 7.85. The maximum Gasteiger partial charge on any atom is 0.144 e. The maximum absolute atomic E-state index is 11.8. The first-order chi connectivity index (χ1) is 8.29. The number of hydrogen-bond donors (Lipinski definition) is 0. The monoisotopic (exact) mass is 267 g/mol. The van der Waals surface area contributed by atoms with Gasteiger partial charge in [-0.05, 0) is 52.3 Å². The van der Waals surface area contributed by atoms with Gasteiger partial charge in [0.2, 0.25) is 0 Å². The molecule has 0 spiro atoms.